The second kappa shape index (κ2) is 7.46. The number of hydrogen-bond acceptors (Lipinski definition) is 5. The Labute approximate surface area is 143 Å². The van der Waals surface area contributed by atoms with Crippen LogP contribution in [-0.4, -0.2) is 34.5 Å². The highest BCUT2D eigenvalue weighted by molar-refractivity contribution is 6.33. The number of nitrogens with zero attached hydrogens (tertiary/aromatic N) is 2. The van der Waals surface area contributed by atoms with E-state index in [4.69, 9.17) is 21.1 Å². The SMILES string of the molecule is CC(CN(C)Cc1ccc(-c2ccc([N+](=O)[O-])cc2Cl)o1)C(=O)O. The van der Waals surface area contributed by atoms with Gasteiger partial charge in [-0.2, -0.15) is 0 Å². The van der Waals surface area contributed by atoms with Crippen molar-refractivity contribution in [2.75, 3.05) is 13.6 Å². The standard InChI is InChI=1S/C16H17ClN2O5/c1-10(16(20)21)8-18(2)9-12-4-6-15(24-12)13-5-3-11(19(22)23)7-14(13)17/h3-7,10H,8-9H2,1-2H3,(H,20,21). The molecule has 0 saturated carbocycles. The number of rotatable bonds is 7. The van der Waals surface area contributed by atoms with Crippen molar-refractivity contribution in [1.29, 1.82) is 0 Å². The smallest absolute Gasteiger partial charge is 0.307 e. The van der Waals surface area contributed by atoms with Gasteiger partial charge in [0.25, 0.3) is 5.69 Å². The average Bonchev–Trinajstić information content (AvgIpc) is 2.94. The van der Waals surface area contributed by atoms with Gasteiger partial charge >= 0.3 is 5.97 Å². The van der Waals surface area contributed by atoms with E-state index in [1.165, 1.54) is 12.1 Å². The van der Waals surface area contributed by atoms with Gasteiger partial charge in [0, 0.05) is 24.2 Å². The summed E-state index contributed by atoms with van der Waals surface area (Å²) >= 11 is 6.09. The minimum absolute atomic E-state index is 0.0853. The fourth-order valence-electron chi connectivity index (χ4n) is 2.30. The van der Waals surface area contributed by atoms with Crippen LogP contribution < -0.4 is 0 Å². The number of carbonyl (C=O) groups is 1. The summed E-state index contributed by atoms with van der Waals surface area (Å²) in [5.41, 5.74) is 0.480. The summed E-state index contributed by atoms with van der Waals surface area (Å²) < 4.78 is 5.72. The first-order chi connectivity index (χ1) is 11.3. The van der Waals surface area contributed by atoms with E-state index < -0.39 is 16.8 Å². The number of nitro groups is 1. The second-order valence-electron chi connectivity index (χ2n) is 5.62. The van der Waals surface area contributed by atoms with Gasteiger partial charge in [-0.15, -0.1) is 0 Å². The molecule has 0 aliphatic carbocycles. The molecule has 0 fully saturated rings. The lowest BCUT2D eigenvalue weighted by atomic mass is 10.1. The van der Waals surface area contributed by atoms with E-state index in [1.807, 2.05) is 4.90 Å². The van der Waals surface area contributed by atoms with E-state index in [0.29, 0.717) is 30.2 Å². The molecule has 0 amide bonds. The largest absolute Gasteiger partial charge is 0.481 e. The Bertz CT molecular complexity index is 759. The van der Waals surface area contributed by atoms with Gasteiger partial charge in [-0.1, -0.05) is 18.5 Å². The number of furan rings is 1. The highest BCUT2D eigenvalue weighted by atomic mass is 35.5. The zero-order chi connectivity index (χ0) is 17.9. The average molecular weight is 353 g/mol. The number of nitro benzene ring substituents is 1. The van der Waals surface area contributed by atoms with E-state index in [0.717, 1.165) is 0 Å². The van der Waals surface area contributed by atoms with Crippen LogP contribution in [0.4, 0.5) is 5.69 Å². The summed E-state index contributed by atoms with van der Waals surface area (Å²) in [5, 5.41) is 19.9. The molecule has 1 aromatic carbocycles. The Morgan fingerprint density at radius 1 is 1.42 bits per heavy atom. The molecule has 1 aromatic heterocycles. The van der Waals surface area contributed by atoms with Crippen molar-refractivity contribution in [2.45, 2.75) is 13.5 Å². The first-order valence-electron chi connectivity index (χ1n) is 7.22. The molecule has 1 atom stereocenters. The van der Waals surface area contributed by atoms with E-state index in [2.05, 4.69) is 0 Å². The highest BCUT2D eigenvalue weighted by Gasteiger charge is 2.16. The minimum Gasteiger partial charge on any atom is -0.481 e. The number of aliphatic carboxylic acids is 1. The molecular weight excluding hydrogens is 336 g/mol. The van der Waals surface area contributed by atoms with Gasteiger partial charge in [0.05, 0.1) is 22.4 Å². The normalized spacial score (nSPS) is 12.3. The van der Waals surface area contributed by atoms with Crippen LogP contribution in [0.1, 0.15) is 12.7 Å². The molecule has 0 saturated heterocycles. The Hall–Kier alpha value is -2.38. The van der Waals surface area contributed by atoms with Crippen LogP contribution in [0, 0.1) is 16.0 Å². The molecule has 0 aliphatic rings. The zero-order valence-electron chi connectivity index (χ0n) is 13.2. The lowest BCUT2D eigenvalue weighted by Crippen LogP contribution is -2.28. The predicted molar refractivity (Wildman–Crippen MR) is 88.9 cm³/mol. The van der Waals surface area contributed by atoms with E-state index in [9.17, 15) is 14.9 Å². The predicted octanol–water partition coefficient (Wildman–Crippen LogP) is 3.66. The van der Waals surface area contributed by atoms with Gasteiger partial charge in [-0.25, -0.2) is 0 Å². The first-order valence-corrected chi connectivity index (χ1v) is 7.60. The fraction of sp³-hybridized carbons (Fsp3) is 0.312. The maximum Gasteiger partial charge on any atom is 0.307 e. The quantitative estimate of drug-likeness (QED) is 0.603. The van der Waals surface area contributed by atoms with Crippen LogP contribution in [-0.2, 0) is 11.3 Å². The number of carboxylic acid groups (broad SMARTS) is 1. The molecule has 0 radical (unpaired) electrons. The van der Waals surface area contributed by atoms with E-state index in [1.54, 1.807) is 32.2 Å². The third kappa shape index (κ3) is 4.33. The molecule has 2 aromatic rings. The summed E-state index contributed by atoms with van der Waals surface area (Å²) in [6, 6.07) is 7.69. The van der Waals surface area contributed by atoms with Crippen LogP contribution in [0.25, 0.3) is 11.3 Å². The molecule has 1 N–H and O–H groups in total. The lowest BCUT2D eigenvalue weighted by molar-refractivity contribution is -0.384. The summed E-state index contributed by atoms with van der Waals surface area (Å²) in [7, 11) is 1.81. The minimum atomic E-state index is -0.848. The maximum absolute atomic E-state index is 10.9. The van der Waals surface area contributed by atoms with Gasteiger partial charge in [0.1, 0.15) is 11.5 Å². The molecule has 1 unspecified atom stereocenters. The first kappa shape index (κ1) is 18.0. The summed E-state index contributed by atoms with van der Waals surface area (Å²) in [4.78, 5) is 22.9. The summed E-state index contributed by atoms with van der Waals surface area (Å²) in [5.74, 6) is -0.169. The number of carboxylic acids is 1. The van der Waals surface area contributed by atoms with Gasteiger partial charge in [0.2, 0.25) is 0 Å². The molecular formula is C16H17ClN2O5. The molecule has 128 valence electrons. The topological polar surface area (TPSA) is 96.8 Å². The molecule has 24 heavy (non-hydrogen) atoms. The number of hydrogen-bond donors (Lipinski definition) is 1. The van der Waals surface area contributed by atoms with Crippen molar-refractivity contribution in [3.05, 3.63) is 51.2 Å². The lowest BCUT2D eigenvalue weighted by Gasteiger charge is -2.17. The van der Waals surface area contributed by atoms with Crippen LogP contribution in [0.3, 0.4) is 0 Å². The van der Waals surface area contributed by atoms with Crippen molar-refractivity contribution >= 4 is 23.3 Å². The fourth-order valence-corrected chi connectivity index (χ4v) is 2.57. The Morgan fingerprint density at radius 2 is 2.12 bits per heavy atom. The molecule has 0 spiro atoms. The van der Waals surface area contributed by atoms with Crippen molar-refractivity contribution in [3.8, 4) is 11.3 Å². The van der Waals surface area contributed by atoms with Crippen LogP contribution in [0.15, 0.2) is 34.7 Å². The number of benzene rings is 1. The zero-order valence-corrected chi connectivity index (χ0v) is 14.0. The van der Waals surface area contributed by atoms with Gasteiger partial charge < -0.3 is 9.52 Å². The Kier molecular flexibility index (Phi) is 5.58. The third-order valence-corrected chi connectivity index (χ3v) is 3.84. The van der Waals surface area contributed by atoms with Gasteiger partial charge in [-0.3, -0.25) is 19.8 Å². The Morgan fingerprint density at radius 3 is 2.71 bits per heavy atom. The van der Waals surface area contributed by atoms with Crippen LogP contribution in [0.2, 0.25) is 5.02 Å². The second-order valence-corrected chi connectivity index (χ2v) is 6.03. The number of non-ortho nitro benzene ring substituents is 1. The number of halogens is 1. The monoisotopic (exact) mass is 352 g/mol. The van der Waals surface area contributed by atoms with E-state index >= 15 is 0 Å². The highest BCUT2D eigenvalue weighted by Crippen LogP contribution is 2.32. The van der Waals surface area contributed by atoms with Crippen molar-refractivity contribution in [2.24, 2.45) is 5.92 Å². The molecule has 8 heteroatoms. The summed E-state index contributed by atoms with van der Waals surface area (Å²) in [6.07, 6.45) is 0. The van der Waals surface area contributed by atoms with Crippen molar-refractivity contribution in [1.82, 2.24) is 4.90 Å². The molecule has 1 heterocycles. The molecule has 0 aliphatic heterocycles. The van der Waals surface area contributed by atoms with Crippen molar-refractivity contribution in [3.63, 3.8) is 0 Å². The van der Waals surface area contributed by atoms with Crippen LogP contribution in [0.5, 0.6) is 0 Å². The Balaban J connectivity index is 2.10. The molecule has 0 bridgehead atoms. The molecule has 2 rings (SSSR count). The van der Waals surface area contributed by atoms with Gasteiger partial charge in [0.15, 0.2) is 0 Å². The maximum atomic E-state index is 10.9. The molecule has 7 nitrogen and oxygen atoms in total. The van der Waals surface area contributed by atoms with E-state index in [-0.39, 0.29) is 10.7 Å². The third-order valence-electron chi connectivity index (χ3n) is 3.52. The van der Waals surface area contributed by atoms with Crippen molar-refractivity contribution < 1.29 is 19.2 Å². The summed E-state index contributed by atoms with van der Waals surface area (Å²) in [6.45, 7) is 2.48. The van der Waals surface area contributed by atoms with Gasteiger partial charge in [-0.05, 0) is 25.2 Å². The van der Waals surface area contributed by atoms with Crippen LogP contribution >= 0.6 is 11.6 Å².